The summed E-state index contributed by atoms with van der Waals surface area (Å²) in [6, 6.07) is 6.74. The van der Waals surface area contributed by atoms with Gasteiger partial charge >= 0.3 is 0 Å². The number of hydrogen-bond donors (Lipinski definition) is 1. The minimum absolute atomic E-state index is 0.128. The molecule has 2 aromatic rings. The first kappa shape index (κ1) is 17.1. The maximum absolute atomic E-state index is 12.7. The molecule has 0 saturated carbocycles. The van der Waals surface area contributed by atoms with E-state index in [1.807, 2.05) is 24.1 Å². The highest BCUT2D eigenvalue weighted by Gasteiger charge is 2.26. The van der Waals surface area contributed by atoms with Crippen molar-refractivity contribution in [3.63, 3.8) is 0 Å². The van der Waals surface area contributed by atoms with Crippen LogP contribution in [0.4, 0.5) is 5.82 Å². The summed E-state index contributed by atoms with van der Waals surface area (Å²) in [5.74, 6) is 0.960. The molecule has 132 valence electrons. The average Bonchev–Trinajstić information content (AvgIpc) is 2.64. The van der Waals surface area contributed by atoms with Crippen molar-refractivity contribution in [1.29, 1.82) is 0 Å². The Morgan fingerprint density at radius 3 is 2.80 bits per heavy atom. The van der Waals surface area contributed by atoms with Crippen LogP contribution in [0.25, 0.3) is 0 Å². The van der Waals surface area contributed by atoms with E-state index in [-0.39, 0.29) is 11.5 Å². The first-order valence-corrected chi connectivity index (χ1v) is 8.41. The Morgan fingerprint density at radius 2 is 2.12 bits per heavy atom. The third-order valence-corrected chi connectivity index (χ3v) is 4.46. The zero-order chi connectivity index (χ0) is 17.8. The lowest BCUT2D eigenvalue weighted by Crippen LogP contribution is -2.41. The van der Waals surface area contributed by atoms with Gasteiger partial charge < -0.3 is 10.2 Å². The quantitative estimate of drug-likeness (QED) is 0.879. The van der Waals surface area contributed by atoms with Crippen LogP contribution in [0.15, 0.2) is 29.1 Å². The molecule has 1 N–H and O–H groups in total. The molecule has 1 aliphatic heterocycles. The minimum atomic E-state index is -0.225. The van der Waals surface area contributed by atoms with E-state index in [0.29, 0.717) is 24.7 Å². The molecule has 25 heavy (non-hydrogen) atoms. The smallest absolute Gasteiger partial charge is 0.274 e. The number of carbonyl (C=O) groups excluding carboxylic acids is 1. The summed E-state index contributed by atoms with van der Waals surface area (Å²) in [6.45, 7) is 1.38. The standard InChI is InChI=1S/C17H22N6O2/c1-18-15-7-5-13(19-20-15)10-12-4-3-9-23(11-12)17(25)14-6-8-16(24)22(2)21-14/h5-8,12H,3-4,9-11H2,1-2H3,(H,18,20)/t12-/m0/s1. The number of piperidine rings is 1. The fraction of sp³-hybridized carbons (Fsp3) is 0.471. The van der Waals surface area contributed by atoms with Crippen molar-refractivity contribution in [2.75, 3.05) is 25.5 Å². The number of nitrogens with one attached hydrogen (secondary N) is 1. The highest BCUT2D eigenvalue weighted by Crippen LogP contribution is 2.21. The molecule has 1 saturated heterocycles. The molecule has 1 atom stereocenters. The predicted octanol–water partition coefficient (Wildman–Crippen LogP) is 0.707. The van der Waals surface area contributed by atoms with Gasteiger partial charge in [0, 0.05) is 33.3 Å². The molecule has 0 unspecified atom stereocenters. The zero-order valence-corrected chi connectivity index (χ0v) is 14.5. The van der Waals surface area contributed by atoms with Gasteiger partial charge in [-0.2, -0.15) is 10.2 Å². The second-order valence-corrected chi connectivity index (χ2v) is 6.30. The number of likely N-dealkylation sites (tertiary alicyclic amines) is 1. The van der Waals surface area contributed by atoms with Crippen molar-refractivity contribution in [1.82, 2.24) is 24.9 Å². The number of hydrogen-bond acceptors (Lipinski definition) is 6. The van der Waals surface area contributed by atoms with Crippen molar-refractivity contribution in [3.8, 4) is 0 Å². The molecule has 1 fully saturated rings. The van der Waals surface area contributed by atoms with Crippen LogP contribution >= 0.6 is 0 Å². The van der Waals surface area contributed by atoms with Gasteiger partial charge in [-0.1, -0.05) is 0 Å². The normalized spacial score (nSPS) is 17.4. The highest BCUT2D eigenvalue weighted by atomic mass is 16.2. The molecule has 2 aromatic heterocycles. The molecule has 0 bridgehead atoms. The summed E-state index contributed by atoms with van der Waals surface area (Å²) in [5.41, 5.74) is 1.01. The second kappa shape index (κ2) is 7.42. The van der Waals surface area contributed by atoms with Gasteiger partial charge in [0.2, 0.25) is 0 Å². The maximum Gasteiger partial charge on any atom is 0.274 e. The predicted molar refractivity (Wildman–Crippen MR) is 93.4 cm³/mol. The van der Waals surface area contributed by atoms with Crippen LogP contribution in [0.3, 0.4) is 0 Å². The Kier molecular flexibility index (Phi) is 5.06. The topological polar surface area (TPSA) is 93.0 Å². The van der Waals surface area contributed by atoms with Crippen molar-refractivity contribution in [2.45, 2.75) is 19.3 Å². The Hall–Kier alpha value is -2.77. The molecule has 8 nitrogen and oxygen atoms in total. The van der Waals surface area contributed by atoms with Crippen LogP contribution in [-0.2, 0) is 13.5 Å². The van der Waals surface area contributed by atoms with Gasteiger partial charge in [-0.25, -0.2) is 4.68 Å². The molecule has 1 amide bonds. The van der Waals surface area contributed by atoms with Gasteiger partial charge in [-0.15, -0.1) is 5.10 Å². The summed E-state index contributed by atoms with van der Waals surface area (Å²) in [6.07, 6.45) is 2.80. The number of aromatic nitrogens is 4. The van der Waals surface area contributed by atoms with Crippen molar-refractivity contribution < 1.29 is 4.79 Å². The Morgan fingerprint density at radius 1 is 1.28 bits per heavy atom. The molecule has 0 radical (unpaired) electrons. The van der Waals surface area contributed by atoms with E-state index < -0.39 is 0 Å². The van der Waals surface area contributed by atoms with Crippen molar-refractivity contribution in [3.05, 3.63) is 46.0 Å². The van der Waals surface area contributed by atoms with Crippen LogP contribution in [0.2, 0.25) is 0 Å². The van der Waals surface area contributed by atoms with Gasteiger partial charge in [-0.05, 0) is 43.4 Å². The molecular weight excluding hydrogens is 320 g/mol. The summed E-state index contributed by atoms with van der Waals surface area (Å²) < 4.78 is 1.19. The second-order valence-electron chi connectivity index (χ2n) is 6.30. The van der Waals surface area contributed by atoms with Gasteiger partial charge in [-0.3, -0.25) is 9.59 Å². The van der Waals surface area contributed by atoms with E-state index in [1.165, 1.54) is 16.8 Å². The number of aryl methyl sites for hydroxylation is 1. The SMILES string of the molecule is CNc1ccc(C[C@@H]2CCCN(C(=O)c3ccc(=O)n(C)n3)C2)nn1. The number of rotatable bonds is 4. The fourth-order valence-electron chi connectivity index (χ4n) is 3.09. The van der Waals surface area contributed by atoms with Crippen LogP contribution < -0.4 is 10.9 Å². The lowest BCUT2D eigenvalue weighted by molar-refractivity contribution is 0.0664. The minimum Gasteiger partial charge on any atom is -0.372 e. The lowest BCUT2D eigenvalue weighted by atomic mass is 9.93. The average molecular weight is 342 g/mol. The molecule has 3 rings (SSSR count). The summed E-state index contributed by atoms with van der Waals surface area (Å²) in [4.78, 5) is 25.9. The van der Waals surface area contributed by atoms with Gasteiger partial charge in [0.25, 0.3) is 11.5 Å². The first-order chi connectivity index (χ1) is 12.1. The van der Waals surface area contributed by atoms with Gasteiger partial charge in [0.1, 0.15) is 11.5 Å². The Balaban J connectivity index is 1.66. The summed E-state index contributed by atoms with van der Waals surface area (Å²) in [5, 5.41) is 15.3. The van der Waals surface area contributed by atoms with E-state index in [9.17, 15) is 9.59 Å². The van der Waals surface area contributed by atoms with Gasteiger partial charge in [0.05, 0.1) is 5.69 Å². The van der Waals surface area contributed by atoms with Crippen LogP contribution in [-0.4, -0.2) is 50.9 Å². The van der Waals surface area contributed by atoms with E-state index >= 15 is 0 Å². The fourth-order valence-corrected chi connectivity index (χ4v) is 3.09. The number of nitrogens with zero attached hydrogens (tertiary/aromatic N) is 5. The molecule has 0 spiro atoms. The third-order valence-electron chi connectivity index (χ3n) is 4.46. The van der Waals surface area contributed by atoms with Crippen molar-refractivity contribution in [2.24, 2.45) is 13.0 Å². The Bertz CT molecular complexity index is 802. The van der Waals surface area contributed by atoms with E-state index in [1.54, 1.807) is 7.05 Å². The summed E-state index contributed by atoms with van der Waals surface area (Å²) >= 11 is 0. The van der Waals surface area contributed by atoms with Crippen molar-refractivity contribution >= 4 is 11.7 Å². The molecule has 1 aliphatic rings. The molecule has 0 aliphatic carbocycles. The van der Waals surface area contributed by atoms with Crippen LogP contribution in [0.5, 0.6) is 0 Å². The number of carbonyl (C=O) groups is 1. The van der Waals surface area contributed by atoms with E-state index in [4.69, 9.17) is 0 Å². The monoisotopic (exact) mass is 342 g/mol. The number of anilines is 1. The molecule has 8 heteroatoms. The van der Waals surface area contributed by atoms with E-state index in [0.717, 1.165) is 30.8 Å². The summed E-state index contributed by atoms with van der Waals surface area (Å²) in [7, 11) is 3.35. The molecular formula is C17H22N6O2. The van der Waals surface area contributed by atoms with E-state index in [2.05, 4.69) is 20.6 Å². The highest BCUT2D eigenvalue weighted by molar-refractivity contribution is 5.92. The Labute approximate surface area is 145 Å². The first-order valence-electron chi connectivity index (χ1n) is 8.41. The van der Waals surface area contributed by atoms with Crippen LogP contribution in [0.1, 0.15) is 29.0 Å². The zero-order valence-electron chi connectivity index (χ0n) is 14.5. The third kappa shape index (κ3) is 4.01. The lowest BCUT2D eigenvalue weighted by Gasteiger charge is -2.32. The largest absolute Gasteiger partial charge is 0.372 e. The molecule has 3 heterocycles. The number of amides is 1. The van der Waals surface area contributed by atoms with Crippen LogP contribution in [0, 0.1) is 5.92 Å². The molecule has 0 aromatic carbocycles. The van der Waals surface area contributed by atoms with Gasteiger partial charge in [0.15, 0.2) is 0 Å². The maximum atomic E-state index is 12.7.